The summed E-state index contributed by atoms with van der Waals surface area (Å²) in [5, 5.41) is 0. The first kappa shape index (κ1) is 17.0. The standard InChI is InChI=1S/C17H20BrNO2S/c1-13(2)12-19(17-7-5-4-6-14(17)3)22(20,21)16-10-8-15(18)9-11-16/h4-11,13H,12H2,1-3H3. The molecule has 0 bridgehead atoms. The van der Waals surface area contributed by atoms with Crippen molar-refractivity contribution in [2.75, 3.05) is 10.8 Å². The van der Waals surface area contributed by atoms with Crippen LogP contribution < -0.4 is 4.31 Å². The Morgan fingerprint density at radius 2 is 1.64 bits per heavy atom. The van der Waals surface area contributed by atoms with E-state index in [1.165, 1.54) is 4.31 Å². The summed E-state index contributed by atoms with van der Waals surface area (Å²) in [6.45, 7) is 6.41. The lowest BCUT2D eigenvalue weighted by Crippen LogP contribution is -2.34. The molecule has 5 heteroatoms. The van der Waals surface area contributed by atoms with Gasteiger partial charge in [-0.05, 0) is 48.7 Å². The molecule has 0 saturated heterocycles. The van der Waals surface area contributed by atoms with Crippen molar-refractivity contribution in [3.63, 3.8) is 0 Å². The smallest absolute Gasteiger partial charge is 0.264 e. The minimum Gasteiger partial charge on any atom is -0.266 e. The first-order valence-corrected chi connectivity index (χ1v) is 9.39. The maximum Gasteiger partial charge on any atom is 0.264 e. The van der Waals surface area contributed by atoms with Crippen molar-refractivity contribution in [2.45, 2.75) is 25.7 Å². The second kappa shape index (κ2) is 6.84. The highest BCUT2D eigenvalue weighted by molar-refractivity contribution is 9.10. The SMILES string of the molecule is Cc1ccccc1N(CC(C)C)S(=O)(=O)c1ccc(Br)cc1. The molecule has 0 heterocycles. The molecule has 0 N–H and O–H groups in total. The van der Waals surface area contributed by atoms with E-state index in [1.54, 1.807) is 24.3 Å². The number of para-hydroxylation sites is 1. The third-order valence-corrected chi connectivity index (χ3v) is 5.64. The number of benzene rings is 2. The number of nitrogens with zero attached hydrogens (tertiary/aromatic N) is 1. The van der Waals surface area contributed by atoms with Gasteiger partial charge >= 0.3 is 0 Å². The number of aryl methyl sites for hydroxylation is 1. The molecule has 3 nitrogen and oxygen atoms in total. The van der Waals surface area contributed by atoms with Gasteiger partial charge in [0.25, 0.3) is 10.0 Å². The summed E-state index contributed by atoms with van der Waals surface area (Å²) in [5.74, 6) is 0.227. The van der Waals surface area contributed by atoms with Crippen molar-refractivity contribution in [2.24, 2.45) is 5.92 Å². The zero-order valence-electron chi connectivity index (χ0n) is 13.0. The van der Waals surface area contributed by atoms with Crippen molar-refractivity contribution < 1.29 is 8.42 Å². The number of halogens is 1. The van der Waals surface area contributed by atoms with Crippen LogP contribution in [0.5, 0.6) is 0 Å². The van der Waals surface area contributed by atoms with Crippen LogP contribution in [-0.4, -0.2) is 15.0 Å². The Balaban J connectivity index is 2.53. The summed E-state index contributed by atoms with van der Waals surface area (Å²) in [7, 11) is -3.58. The lowest BCUT2D eigenvalue weighted by molar-refractivity contribution is 0.577. The van der Waals surface area contributed by atoms with E-state index in [-0.39, 0.29) is 5.92 Å². The highest BCUT2D eigenvalue weighted by Crippen LogP contribution is 2.28. The average molecular weight is 382 g/mol. The molecule has 2 aromatic rings. The molecular weight excluding hydrogens is 362 g/mol. The molecule has 0 aliphatic rings. The highest BCUT2D eigenvalue weighted by Gasteiger charge is 2.26. The van der Waals surface area contributed by atoms with Gasteiger partial charge in [-0.2, -0.15) is 0 Å². The molecular formula is C17H20BrNO2S. The van der Waals surface area contributed by atoms with Crippen LogP contribution in [0.15, 0.2) is 57.9 Å². The van der Waals surface area contributed by atoms with Crippen LogP contribution in [0.1, 0.15) is 19.4 Å². The predicted molar refractivity (Wildman–Crippen MR) is 94.7 cm³/mol. The second-order valence-corrected chi connectivity index (χ2v) is 8.45. The molecule has 118 valence electrons. The topological polar surface area (TPSA) is 37.4 Å². The molecule has 0 aromatic heterocycles. The molecule has 0 atom stereocenters. The molecule has 0 unspecified atom stereocenters. The number of hydrogen-bond donors (Lipinski definition) is 0. The molecule has 0 aliphatic carbocycles. The van der Waals surface area contributed by atoms with E-state index >= 15 is 0 Å². The number of hydrogen-bond acceptors (Lipinski definition) is 2. The van der Waals surface area contributed by atoms with Gasteiger partial charge in [0.05, 0.1) is 10.6 Å². The Morgan fingerprint density at radius 3 is 2.18 bits per heavy atom. The summed E-state index contributed by atoms with van der Waals surface area (Å²) in [4.78, 5) is 0.305. The molecule has 22 heavy (non-hydrogen) atoms. The molecule has 0 amide bonds. The molecule has 0 saturated carbocycles. The van der Waals surface area contributed by atoms with Gasteiger partial charge in [-0.3, -0.25) is 4.31 Å². The van der Waals surface area contributed by atoms with E-state index in [0.717, 1.165) is 15.7 Å². The maximum atomic E-state index is 13.0. The van der Waals surface area contributed by atoms with Crippen LogP contribution in [0, 0.1) is 12.8 Å². The van der Waals surface area contributed by atoms with E-state index < -0.39 is 10.0 Å². The molecule has 0 radical (unpaired) electrons. The monoisotopic (exact) mass is 381 g/mol. The fraction of sp³-hybridized carbons (Fsp3) is 0.294. The number of anilines is 1. The molecule has 2 aromatic carbocycles. The van der Waals surface area contributed by atoms with E-state index in [1.807, 2.05) is 45.0 Å². The van der Waals surface area contributed by atoms with Crippen molar-refractivity contribution in [3.8, 4) is 0 Å². The summed E-state index contributed by atoms with van der Waals surface area (Å²) in [6.07, 6.45) is 0. The average Bonchev–Trinajstić information content (AvgIpc) is 2.46. The molecule has 0 aliphatic heterocycles. The van der Waals surface area contributed by atoms with Gasteiger partial charge in [0.1, 0.15) is 0 Å². The van der Waals surface area contributed by atoms with Crippen LogP contribution >= 0.6 is 15.9 Å². The minimum atomic E-state index is -3.58. The third-order valence-electron chi connectivity index (χ3n) is 3.32. The summed E-state index contributed by atoms with van der Waals surface area (Å²) < 4.78 is 28.5. The Kier molecular flexibility index (Phi) is 5.29. The quantitative estimate of drug-likeness (QED) is 0.758. The van der Waals surface area contributed by atoms with Crippen LogP contribution in [0.4, 0.5) is 5.69 Å². The van der Waals surface area contributed by atoms with Gasteiger partial charge in [0, 0.05) is 11.0 Å². The molecule has 0 fully saturated rings. The maximum absolute atomic E-state index is 13.0. The third kappa shape index (κ3) is 3.70. The summed E-state index contributed by atoms with van der Waals surface area (Å²) in [6, 6.07) is 14.3. The molecule has 0 spiro atoms. The van der Waals surface area contributed by atoms with Crippen LogP contribution in [0.3, 0.4) is 0 Å². The van der Waals surface area contributed by atoms with Gasteiger partial charge in [-0.1, -0.05) is 48.0 Å². The Bertz CT molecular complexity index is 740. The van der Waals surface area contributed by atoms with Gasteiger partial charge in [0.15, 0.2) is 0 Å². The normalized spacial score (nSPS) is 11.7. The minimum absolute atomic E-state index is 0.227. The van der Waals surface area contributed by atoms with E-state index in [0.29, 0.717) is 11.4 Å². The zero-order valence-corrected chi connectivity index (χ0v) is 15.4. The van der Waals surface area contributed by atoms with Crippen molar-refractivity contribution in [1.29, 1.82) is 0 Å². The zero-order chi connectivity index (χ0) is 16.3. The number of rotatable bonds is 5. The predicted octanol–water partition coefficient (Wildman–Crippen LogP) is 4.61. The lowest BCUT2D eigenvalue weighted by atomic mass is 10.1. The fourth-order valence-corrected chi connectivity index (χ4v) is 4.19. The van der Waals surface area contributed by atoms with E-state index in [2.05, 4.69) is 15.9 Å². The van der Waals surface area contributed by atoms with Gasteiger partial charge < -0.3 is 0 Å². The Labute approximate surface area is 141 Å². The first-order valence-electron chi connectivity index (χ1n) is 7.16. The van der Waals surface area contributed by atoms with Crippen LogP contribution in [0.2, 0.25) is 0 Å². The fourth-order valence-electron chi connectivity index (χ4n) is 2.23. The Hall–Kier alpha value is -1.33. The highest BCUT2D eigenvalue weighted by atomic mass is 79.9. The van der Waals surface area contributed by atoms with Crippen molar-refractivity contribution in [1.82, 2.24) is 0 Å². The Morgan fingerprint density at radius 1 is 1.05 bits per heavy atom. The lowest BCUT2D eigenvalue weighted by Gasteiger charge is -2.27. The van der Waals surface area contributed by atoms with E-state index in [9.17, 15) is 8.42 Å². The molecule has 2 rings (SSSR count). The van der Waals surface area contributed by atoms with Crippen molar-refractivity contribution in [3.05, 3.63) is 58.6 Å². The largest absolute Gasteiger partial charge is 0.266 e. The number of sulfonamides is 1. The van der Waals surface area contributed by atoms with Gasteiger partial charge in [-0.15, -0.1) is 0 Å². The summed E-state index contributed by atoms with van der Waals surface area (Å²) >= 11 is 3.34. The van der Waals surface area contributed by atoms with Gasteiger partial charge in [-0.25, -0.2) is 8.42 Å². The van der Waals surface area contributed by atoms with E-state index in [4.69, 9.17) is 0 Å². The van der Waals surface area contributed by atoms with Crippen molar-refractivity contribution >= 4 is 31.6 Å². The summed E-state index contributed by atoms with van der Waals surface area (Å²) in [5.41, 5.74) is 1.68. The second-order valence-electron chi connectivity index (χ2n) is 5.67. The first-order chi connectivity index (χ1) is 10.3. The van der Waals surface area contributed by atoms with Crippen LogP contribution in [-0.2, 0) is 10.0 Å². The van der Waals surface area contributed by atoms with Crippen LogP contribution in [0.25, 0.3) is 0 Å². The van der Waals surface area contributed by atoms with Gasteiger partial charge in [0.2, 0.25) is 0 Å².